The molecule has 0 radical (unpaired) electrons. The van der Waals surface area contributed by atoms with Crippen LogP contribution in [0.5, 0.6) is 0 Å². The van der Waals surface area contributed by atoms with Crippen LogP contribution in [-0.4, -0.2) is 58.4 Å². The SMILES string of the molecule is C[C@@H](C1CC1)N(Cc1ccccc1)C(=O)CN1C(=O)OC2(CCc3cc(NC(=O)C(N)C(F)(F)F)ccc32)C1=O. The molecule has 3 atom stereocenters. The summed E-state index contributed by atoms with van der Waals surface area (Å²) in [7, 11) is 0. The van der Waals surface area contributed by atoms with E-state index in [1.165, 1.54) is 18.2 Å². The second-order valence-electron chi connectivity index (χ2n) is 10.6. The third kappa shape index (κ3) is 5.15. The molecule has 2 aliphatic carbocycles. The van der Waals surface area contributed by atoms with Gasteiger partial charge in [0, 0.05) is 30.3 Å². The van der Waals surface area contributed by atoms with E-state index in [0.29, 0.717) is 23.6 Å². The van der Waals surface area contributed by atoms with Gasteiger partial charge in [-0.3, -0.25) is 14.4 Å². The number of halogens is 3. The summed E-state index contributed by atoms with van der Waals surface area (Å²) in [6.07, 6.45) is -3.45. The molecular weight excluding hydrogens is 529 g/mol. The first-order valence-corrected chi connectivity index (χ1v) is 13.1. The first-order valence-electron chi connectivity index (χ1n) is 13.1. The van der Waals surface area contributed by atoms with Crippen LogP contribution in [0.2, 0.25) is 0 Å². The Bertz CT molecular complexity index is 1350. The zero-order valence-corrected chi connectivity index (χ0v) is 21.7. The van der Waals surface area contributed by atoms with Crippen molar-refractivity contribution in [1.29, 1.82) is 0 Å². The van der Waals surface area contributed by atoms with Gasteiger partial charge in [0.25, 0.3) is 11.8 Å². The molecule has 4 amide bonds. The summed E-state index contributed by atoms with van der Waals surface area (Å²) < 4.78 is 43.9. The molecule has 2 fully saturated rings. The van der Waals surface area contributed by atoms with E-state index in [9.17, 15) is 32.3 Å². The third-order valence-electron chi connectivity index (χ3n) is 7.87. The predicted molar refractivity (Wildman–Crippen MR) is 136 cm³/mol. The Morgan fingerprint density at radius 1 is 1.18 bits per heavy atom. The number of anilines is 1. The van der Waals surface area contributed by atoms with Crippen molar-refractivity contribution < 1.29 is 37.1 Å². The van der Waals surface area contributed by atoms with Gasteiger partial charge in [0.1, 0.15) is 6.54 Å². The fourth-order valence-corrected chi connectivity index (χ4v) is 5.40. The van der Waals surface area contributed by atoms with Crippen molar-refractivity contribution >= 4 is 29.5 Å². The van der Waals surface area contributed by atoms with Crippen molar-refractivity contribution in [2.45, 2.75) is 63.0 Å². The number of nitrogens with one attached hydrogen (secondary N) is 1. The van der Waals surface area contributed by atoms with E-state index in [-0.39, 0.29) is 30.5 Å². The molecule has 9 nitrogen and oxygen atoms in total. The van der Waals surface area contributed by atoms with Gasteiger partial charge in [-0.15, -0.1) is 0 Å². The number of hydrogen-bond acceptors (Lipinski definition) is 6. The Balaban J connectivity index is 1.32. The molecule has 2 aromatic rings. The van der Waals surface area contributed by atoms with E-state index in [4.69, 9.17) is 10.5 Å². The van der Waals surface area contributed by atoms with Crippen LogP contribution < -0.4 is 11.1 Å². The molecule has 1 saturated heterocycles. The Morgan fingerprint density at radius 2 is 1.88 bits per heavy atom. The summed E-state index contributed by atoms with van der Waals surface area (Å²) in [5.74, 6) is -2.10. The molecule has 5 rings (SSSR count). The Kier molecular flexibility index (Phi) is 7.07. The van der Waals surface area contributed by atoms with Gasteiger partial charge in [-0.05, 0) is 55.4 Å². The van der Waals surface area contributed by atoms with E-state index < -0.39 is 42.3 Å². The molecule has 2 unspecified atom stereocenters. The second-order valence-corrected chi connectivity index (χ2v) is 10.6. The van der Waals surface area contributed by atoms with E-state index >= 15 is 0 Å². The quantitative estimate of drug-likeness (QED) is 0.512. The molecule has 12 heteroatoms. The highest BCUT2D eigenvalue weighted by Crippen LogP contribution is 2.46. The first kappa shape index (κ1) is 27.6. The van der Waals surface area contributed by atoms with Gasteiger partial charge in [0.15, 0.2) is 6.04 Å². The topological polar surface area (TPSA) is 122 Å². The van der Waals surface area contributed by atoms with E-state index in [1.54, 1.807) is 4.90 Å². The number of carbonyl (C=O) groups is 4. The van der Waals surface area contributed by atoms with E-state index in [1.807, 2.05) is 37.3 Å². The van der Waals surface area contributed by atoms with Crippen LogP contribution in [0.15, 0.2) is 48.5 Å². The molecule has 3 N–H and O–H groups in total. The minimum Gasteiger partial charge on any atom is -0.427 e. The summed E-state index contributed by atoms with van der Waals surface area (Å²) in [5.41, 5.74) is 5.22. The van der Waals surface area contributed by atoms with Crippen LogP contribution in [0.3, 0.4) is 0 Å². The third-order valence-corrected chi connectivity index (χ3v) is 7.87. The van der Waals surface area contributed by atoms with E-state index in [0.717, 1.165) is 23.3 Å². The number of nitrogens with zero attached hydrogens (tertiary/aromatic N) is 2. The van der Waals surface area contributed by atoms with Crippen molar-refractivity contribution in [3.05, 3.63) is 65.2 Å². The smallest absolute Gasteiger partial charge is 0.418 e. The van der Waals surface area contributed by atoms with Gasteiger partial charge >= 0.3 is 12.3 Å². The van der Waals surface area contributed by atoms with Gasteiger partial charge in [0.2, 0.25) is 11.5 Å². The number of imide groups is 1. The second kappa shape index (κ2) is 10.2. The van der Waals surface area contributed by atoms with Crippen LogP contribution in [0, 0.1) is 5.92 Å². The fourth-order valence-electron chi connectivity index (χ4n) is 5.40. The molecule has 212 valence electrons. The number of amides is 4. The number of benzene rings is 2. The van der Waals surface area contributed by atoms with Crippen LogP contribution in [0.1, 0.15) is 42.9 Å². The normalized spacial score (nSPS) is 21.7. The van der Waals surface area contributed by atoms with Crippen molar-refractivity contribution in [3.8, 4) is 0 Å². The van der Waals surface area contributed by atoms with Gasteiger partial charge < -0.3 is 20.7 Å². The highest BCUT2D eigenvalue weighted by Gasteiger charge is 2.58. The van der Waals surface area contributed by atoms with Crippen molar-refractivity contribution in [2.24, 2.45) is 11.7 Å². The summed E-state index contributed by atoms with van der Waals surface area (Å²) >= 11 is 0. The zero-order chi connectivity index (χ0) is 28.8. The van der Waals surface area contributed by atoms with Crippen LogP contribution in [0.4, 0.5) is 23.7 Å². The van der Waals surface area contributed by atoms with Crippen LogP contribution in [0.25, 0.3) is 0 Å². The number of fused-ring (bicyclic) bond motifs is 2. The first-order chi connectivity index (χ1) is 18.9. The number of hydrogen-bond donors (Lipinski definition) is 2. The number of aryl methyl sites for hydroxylation is 1. The molecule has 0 aromatic heterocycles. The lowest BCUT2D eigenvalue weighted by Crippen LogP contribution is -2.47. The van der Waals surface area contributed by atoms with Gasteiger partial charge in [-0.2, -0.15) is 13.2 Å². The zero-order valence-electron chi connectivity index (χ0n) is 21.7. The lowest BCUT2D eigenvalue weighted by molar-refractivity contribution is -0.159. The lowest BCUT2D eigenvalue weighted by Gasteiger charge is -2.30. The molecule has 40 heavy (non-hydrogen) atoms. The van der Waals surface area contributed by atoms with E-state index in [2.05, 4.69) is 5.32 Å². The molecule has 0 bridgehead atoms. The molecular formula is C28H29F3N4O5. The number of alkyl halides is 3. The Hall–Kier alpha value is -3.93. The standard InChI is InChI=1S/C28H29F3N4O5/c1-16(18-7-8-18)34(14-17-5-3-2-4-6-17)22(36)15-35-25(38)27(40-26(35)39)12-11-19-13-20(9-10-21(19)27)33-24(37)23(32)28(29,30)31/h2-6,9-10,13,16,18,23H,7-8,11-12,14-15,32H2,1H3,(H,33,37)/t16-,23?,27?/m0/s1. The molecule has 1 saturated carbocycles. The van der Waals surface area contributed by atoms with Crippen molar-refractivity contribution in [3.63, 3.8) is 0 Å². The molecule has 1 heterocycles. The number of carbonyl (C=O) groups excluding carboxylic acids is 4. The summed E-state index contributed by atoms with van der Waals surface area (Å²) in [6, 6.07) is 10.9. The maximum atomic E-state index is 13.6. The number of rotatable bonds is 8. The molecule has 3 aliphatic rings. The Morgan fingerprint density at radius 3 is 2.52 bits per heavy atom. The lowest BCUT2D eigenvalue weighted by atomic mass is 9.94. The van der Waals surface area contributed by atoms with Crippen molar-refractivity contribution in [1.82, 2.24) is 9.80 Å². The monoisotopic (exact) mass is 558 g/mol. The average molecular weight is 559 g/mol. The maximum absolute atomic E-state index is 13.6. The highest BCUT2D eigenvalue weighted by atomic mass is 19.4. The van der Waals surface area contributed by atoms with Gasteiger partial charge in [-0.25, -0.2) is 9.69 Å². The Labute approximate surface area is 228 Å². The molecule has 1 spiro atoms. The minimum atomic E-state index is -4.90. The van der Waals surface area contributed by atoms with Gasteiger partial charge in [-0.1, -0.05) is 36.4 Å². The minimum absolute atomic E-state index is 0.0647. The number of nitrogens with two attached hydrogens (primary N) is 1. The summed E-state index contributed by atoms with van der Waals surface area (Å²) in [6.45, 7) is 1.84. The molecule has 2 aromatic carbocycles. The predicted octanol–water partition coefficient (Wildman–Crippen LogP) is 3.46. The average Bonchev–Trinajstić information content (AvgIpc) is 3.67. The van der Waals surface area contributed by atoms with Crippen LogP contribution >= 0.6 is 0 Å². The largest absolute Gasteiger partial charge is 0.427 e. The summed E-state index contributed by atoms with van der Waals surface area (Å²) in [4.78, 5) is 54.4. The van der Waals surface area contributed by atoms with Crippen molar-refractivity contribution in [2.75, 3.05) is 11.9 Å². The maximum Gasteiger partial charge on any atom is 0.418 e. The molecule has 1 aliphatic heterocycles. The summed E-state index contributed by atoms with van der Waals surface area (Å²) in [5, 5.41) is 2.13. The highest BCUT2D eigenvalue weighted by molar-refractivity contribution is 6.06. The number of ether oxygens (including phenoxy) is 1. The van der Waals surface area contributed by atoms with Gasteiger partial charge in [0.05, 0.1) is 0 Å². The van der Waals surface area contributed by atoms with Crippen LogP contribution in [-0.2, 0) is 37.7 Å². The fraction of sp³-hybridized carbons (Fsp3) is 0.429.